The number of carbonyl (C=O) groups excluding carboxylic acids is 1. The third-order valence-corrected chi connectivity index (χ3v) is 5.22. The van der Waals surface area contributed by atoms with Crippen LogP contribution in [0.1, 0.15) is 27.2 Å². The number of alkyl halides is 3. The van der Waals surface area contributed by atoms with Crippen LogP contribution < -0.4 is 15.2 Å². The largest absolute Gasteiger partial charge is 0.416 e. The number of nitrogens with one attached hydrogen (secondary N) is 2. The van der Waals surface area contributed by atoms with E-state index in [0.717, 1.165) is 23.3 Å². The topological polar surface area (TPSA) is 99.3 Å². The molecule has 0 fully saturated rings. The first-order chi connectivity index (χ1) is 15.3. The molecule has 0 radical (unpaired) electrons. The molecule has 0 atom stereocenters. The Kier molecular flexibility index (Phi) is 6.63. The van der Waals surface area contributed by atoms with E-state index in [4.69, 9.17) is 0 Å². The van der Waals surface area contributed by atoms with E-state index in [0.29, 0.717) is 11.3 Å². The lowest BCUT2D eigenvalue weighted by Gasteiger charge is -2.24. The van der Waals surface area contributed by atoms with E-state index in [9.17, 15) is 31.2 Å². The van der Waals surface area contributed by atoms with Gasteiger partial charge in [-0.1, -0.05) is 18.2 Å². The number of aromatic amines is 1. The van der Waals surface area contributed by atoms with Gasteiger partial charge in [-0.3, -0.25) is 14.3 Å². The Morgan fingerprint density at radius 1 is 1.06 bits per heavy atom. The lowest BCUT2D eigenvalue weighted by molar-refractivity contribution is -0.137. The second-order valence-electron chi connectivity index (χ2n) is 7.39. The molecule has 0 aliphatic rings. The van der Waals surface area contributed by atoms with Crippen molar-refractivity contribution in [2.45, 2.75) is 19.6 Å². The van der Waals surface area contributed by atoms with E-state index < -0.39 is 33.2 Å². The maximum absolute atomic E-state index is 13.3. The van der Waals surface area contributed by atoms with Crippen LogP contribution in [-0.2, 0) is 22.7 Å². The Balaban J connectivity index is 2.02. The third-order valence-electron chi connectivity index (χ3n) is 4.61. The van der Waals surface area contributed by atoms with Crippen LogP contribution >= 0.6 is 0 Å². The Bertz CT molecular complexity index is 1330. The minimum absolute atomic E-state index is 0.0480. The molecule has 0 saturated heterocycles. The Hall–Kier alpha value is -3.60. The molecule has 2 aromatic carbocycles. The van der Waals surface area contributed by atoms with Crippen molar-refractivity contribution in [2.24, 2.45) is 0 Å². The number of aromatic nitrogens is 1. The zero-order valence-corrected chi connectivity index (χ0v) is 18.4. The molecule has 0 unspecified atom stereocenters. The SMILES string of the molecule is Cc1ccc(C(=O)N(Cc2ccc(NS(C)(=O)=O)cc2)c2cccc(C(F)(F)F)c2)c(=O)[nH]1. The van der Waals surface area contributed by atoms with E-state index in [1.54, 1.807) is 6.92 Å². The number of hydrogen-bond donors (Lipinski definition) is 2. The van der Waals surface area contributed by atoms with Crippen LogP contribution in [0.5, 0.6) is 0 Å². The summed E-state index contributed by atoms with van der Waals surface area (Å²) in [5.41, 5.74) is -0.567. The third kappa shape index (κ3) is 6.22. The van der Waals surface area contributed by atoms with E-state index >= 15 is 0 Å². The average molecular weight is 479 g/mol. The molecule has 0 bridgehead atoms. The second kappa shape index (κ2) is 9.10. The number of carbonyl (C=O) groups is 1. The summed E-state index contributed by atoms with van der Waals surface area (Å²) in [6.07, 6.45) is -3.63. The van der Waals surface area contributed by atoms with Gasteiger partial charge in [0.15, 0.2) is 0 Å². The highest BCUT2D eigenvalue weighted by Gasteiger charge is 2.31. The Labute approximate surface area is 187 Å². The predicted octanol–water partition coefficient (Wildman–Crippen LogP) is 3.92. The second-order valence-corrected chi connectivity index (χ2v) is 9.14. The fourth-order valence-corrected chi connectivity index (χ4v) is 3.66. The van der Waals surface area contributed by atoms with Crippen LogP contribution in [0, 0.1) is 6.92 Å². The first-order valence-corrected chi connectivity index (χ1v) is 11.5. The monoisotopic (exact) mass is 479 g/mol. The van der Waals surface area contributed by atoms with Gasteiger partial charge in [-0.05, 0) is 55.0 Å². The fourth-order valence-electron chi connectivity index (χ4n) is 3.09. The number of halogens is 3. The van der Waals surface area contributed by atoms with Crippen molar-refractivity contribution in [1.82, 2.24) is 4.98 Å². The Morgan fingerprint density at radius 3 is 2.30 bits per heavy atom. The number of aryl methyl sites for hydroxylation is 1. The average Bonchev–Trinajstić information content (AvgIpc) is 2.71. The van der Waals surface area contributed by atoms with Gasteiger partial charge >= 0.3 is 6.18 Å². The van der Waals surface area contributed by atoms with Gasteiger partial charge < -0.3 is 9.88 Å². The smallest absolute Gasteiger partial charge is 0.326 e. The van der Waals surface area contributed by atoms with Gasteiger partial charge in [0.1, 0.15) is 5.56 Å². The summed E-state index contributed by atoms with van der Waals surface area (Å²) < 4.78 is 64.8. The van der Waals surface area contributed by atoms with Crippen LogP contribution in [0.2, 0.25) is 0 Å². The van der Waals surface area contributed by atoms with Crippen LogP contribution in [-0.4, -0.2) is 25.6 Å². The number of nitrogens with zero attached hydrogens (tertiary/aromatic N) is 1. The molecule has 33 heavy (non-hydrogen) atoms. The first-order valence-electron chi connectivity index (χ1n) is 9.59. The van der Waals surface area contributed by atoms with Gasteiger partial charge in [0, 0.05) is 17.1 Å². The van der Waals surface area contributed by atoms with Gasteiger partial charge in [0.25, 0.3) is 11.5 Å². The highest BCUT2D eigenvalue weighted by Crippen LogP contribution is 2.32. The molecular weight excluding hydrogens is 459 g/mol. The molecule has 174 valence electrons. The van der Waals surface area contributed by atoms with Gasteiger partial charge in [-0.15, -0.1) is 0 Å². The van der Waals surface area contributed by atoms with Gasteiger partial charge in [-0.25, -0.2) is 8.42 Å². The van der Waals surface area contributed by atoms with Gasteiger partial charge in [0.05, 0.1) is 18.4 Å². The molecule has 2 N–H and O–H groups in total. The summed E-state index contributed by atoms with van der Waals surface area (Å²) in [7, 11) is -3.49. The minimum Gasteiger partial charge on any atom is -0.326 e. The maximum atomic E-state index is 13.3. The molecule has 0 spiro atoms. The summed E-state index contributed by atoms with van der Waals surface area (Å²) in [6, 6.07) is 13.1. The number of sulfonamides is 1. The van der Waals surface area contributed by atoms with E-state index in [-0.39, 0.29) is 23.5 Å². The summed E-state index contributed by atoms with van der Waals surface area (Å²) in [5, 5.41) is 0. The molecule has 3 rings (SSSR count). The molecule has 11 heteroatoms. The molecule has 0 saturated carbocycles. The lowest BCUT2D eigenvalue weighted by Crippen LogP contribution is -2.34. The van der Waals surface area contributed by atoms with Crippen molar-refractivity contribution < 1.29 is 26.4 Å². The quantitative estimate of drug-likeness (QED) is 0.560. The lowest BCUT2D eigenvalue weighted by atomic mass is 10.1. The summed E-state index contributed by atoms with van der Waals surface area (Å²) in [6.45, 7) is 1.47. The van der Waals surface area contributed by atoms with Crippen molar-refractivity contribution in [2.75, 3.05) is 15.9 Å². The van der Waals surface area contributed by atoms with Crippen LogP contribution in [0.25, 0.3) is 0 Å². The van der Waals surface area contributed by atoms with Crippen molar-refractivity contribution in [3.05, 3.63) is 93.4 Å². The van der Waals surface area contributed by atoms with Crippen molar-refractivity contribution in [3.8, 4) is 0 Å². The van der Waals surface area contributed by atoms with Crippen LogP contribution in [0.4, 0.5) is 24.5 Å². The highest BCUT2D eigenvalue weighted by atomic mass is 32.2. The van der Waals surface area contributed by atoms with Crippen LogP contribution in [0.15, 0.2) is 65.5 Å². The van der Waals surface area contributed by atoms with Crippen molar-refractivity contribution >= 4 is 27.3 Å². The summed E-state index contributed by atoms with van der Waals surface area (Å²) in [5.74, 6) is -0.783. The fraction of sp³-hybridized carbons (Fsp3) is 0.182. The highest BCUT2D eigenvalue weighted by molar-refractivity contribution is 7.92. The number of amides is 1. The molecule has 1 aromatic heterocycles. The molecule has 0 aliphatic carbocycles. The number of hydrogen-bond acceptors (Lipinski definition) is 4. The summed E-state index contributed by atoms with van der Waals surface area (Å²) in [4.78, 5) is 29.1. The van der Waals surface area contributed by atoms with E-state index in [2.05, 4.69) is 9.71 Å². The number of benzene rings is 2. The minimum atomic E-state index is -4.62. The standard InChI is InChI=1S/C22H20F3N3O4S/c1-14-6-11-19(20(29)26-14)21(30)28(18-5-3-4-16(12-18)22(23,24)25)13-15-7-9-17(10-8-15)27-33(2,31)32/h3-12,27H,13H2,1-2H3,(H,26,29). The van der Waals surface area contributed by atoms with Gasteiger partial charge in [0.2, 0.25) is 10.0 Å². The van der Waals surface area contributed by atoms with E-state index in [1.165, 1.54) is 48.5 Å². The normalized spacial score (nSPS) is 11.8. The maximum Gasteiger partial charge on any atom is 0.416 e. The van der Waals surface area contributed by atoms with Crippen molar-refractivity contribution in [1.29, 1.82) is 0 Å². The van der Waals surface area contributed by atoms with Gasteiger partial charge in [-0.2, -0.15) is 13.2 Å². The molecule has 0 aliphatic heterocycles. The zero-order valence-electron chi connectivity index (χ0n) is 17.6. The van der Waals surface area contributed by atoms with Crippen molar-refractivity contribution in [3.63, 3.8) is 0 Å². The zero-order chi connectivity index (χ0) is 24.4. The summed E-state index contributed by atoms with van der Waals surface area (Å²) >= 11 is 0. The first kappa shape index (κ1) is 24.1. The van der Waals surface area contributed by atoms with E-state index in [1.807, 2.05) is 0 Å². The molecular formula is C22H20F3N3O4S. The molecule has 7 nitrogen and oxygen atoms in total. The molecule has 1 heterocycles. The molecule has 3 aromatic rings. The number of rotatable bonds is 6. The predicted molar refractivity (Wildman–Crippen MR) is 119 cm³/mol. The Morgan fingerprint density at radius 2 is 1.73 bits per heavy atom. The number of anilines is 2. The number of H-pyrrole nitrogens is 1. The van der Waals surface area contributed by atoms with Crippen LogP contribution in [0.3, 0.4) is 0 Å². The number of pyridine rings is 1. The molecule has 1 amide bonds.